The Kier molecular flexibility index (Phi) is 4.58. The van der Waals surface area contributed by atoms with Gasteiger partial charge in [0, 0.05) is 6.54 Å². The summed E-state index contributed by atoms with van der Waals surface area (Å²) in [6.07, 6.45) is 3.23. The average molecular weight is 274 g/mol. The van der Waals surface area contributed by atoms with Gasteiger partial charge in [0.25, 0.3) is 0 Å². The Labute approximate surface area is 96.3 Å². The quantitative estimate of drug-likeness (QED) is 0.807. The summed E-state index contributed by atoms with van der Waals surface area (Å²) in [5.41, 5.74) is 0. The fourth-order valence-electron chi connectivity index (χ4n) is 1.20. The second-order valence-corrected chi connectivity index (χ2v) is 3.90. The predicted molar refractivity (Wildman–Crippen MR) is 59.5 cm³/mol. The van der Waals surface area contributed by atoms with Crippen molar-refractivity contribution in [2.75, 3.05) is 13.1 Å². The summed E-state index contributed by atoms with van der Waals surface area (Å²) in [6, 6.07) is 1.78. The number of carboxylic acid groups (broad SMARTS) is 1. The topological polar surface area (TPSA) is 53.7 Å². The van der Waals surface area contributed by atoms with E-state index >= 15 is 0 Å². The highest BCUT2D eigenvalue weighted by atomic mass is 79.9. The van der Waals surface area contributed by atoms with Gasteiger partial charge in [-0.15, -0.1) is 6.58 Å². The third kappa shape index (κ3) is 3.89. The molecule has 1 N–H and O–H groups in total. The minimum Gasteiger partial charge on any atom is -0.480 e. The lowest BCUT2D eigenvalue weighted by Crippen LogP contribution is -2.29. The van der Waals surface area contributed by atoms with E-state index in [4.69, 9.17) is 9.52 Å². The second kappa shape index (κ2) is 5.72. The molecule has 1 rings (SSSR count). The van der Waals surface area contributed by atoms with Crippen LogP contribution in [0.4, 0.5) is 0 Å². The highest BCUT2D eigenvalue weighted by molar-refractivity contribution is 9.10. The van der Waals surface area contributed by atoms with Crippen LogP contribution in [0.25, 0.3) is 0 Å². The van der Waals surface area contributed by atoms with Crippen LogP contribution in [-0.2, 0) is 11.3 Å². The van der Waals surface area contributed by atoms with Gasteiger partial charge in [0.15, 0.2) is 0 Å². The normalized spacial score (nSPS) is 10.5. The molecular weight excluding hydrogens is 262 g/mol. The summed E-state index contributed by atoms with van der Waals surface area (Å²) < 4.78 is 6.06. The van der Waals surface area contributed by atoms with Crippen molar-refractivity contribution in [3.05, 3.63) is 35.2 Å². The molecule has 0 aliphatic rings. The number of carbonyl (C=O) groups is 1. The van der Waals surface area contributed by atoms with E-state index in [0.29, 0.717) is 13.1 Å². The van der Waals surface area contributed by atoms with Crippen LogP contribution in [0.3, 0.4) is 0 Å². The van der Waals surface area contributed by atoms with E-state index < -0.39 is 5.97 Å². The van der Waals surface area contributed by atoms with Crippen molar-refractivity contribution >= 4 is 21.9 Å². The molecule has 4 nitrogen and oxygen atoms in total. The Balaban J connectivity index is 2.61. The van der Waals surface area contributed by atoms with E-state index in [1.54, 1.807) is 23.3 Å². The fraction of sp³-hybridized carbons (Fsp3) is 0.300. The van der Waals surface area contributed by atoms with Crippen LogP contribution in [0.15, 0.2) is 33.9 Å². The fourth-order valence-corrected chi connectivity index (χ4v) is 1.53. The first-order valence-corrected chi connectivity index (χ1v) is 5.19. The van der Waals surface area contributed by atoms with Gasteiger partial charge in [0.05, 0.1) is 23.8 Å². The largest absolute Gasteiger partial charge is 0.480 e. The molecule has 1 aromatic heterocycles. The van der Waals surface area contributed by atoms with Gasteiger partial charge < -0.3 is 9.52 Å². The van der Waals surface area contributed by atoms with Crippen LogP contribution in [0.1, 0.15) is 5.76 Å². The second-order valence-electron chi connectivity index (χ2n) is 3.04. The summed E-state index contributed by atoms with van der Waals surface area (Å²) in [5, 5.41) is 8.69. The van der Waals surface area contributed by atoms with Crippen molar-refractivity contribution in [3.63, 3.8) is 0 Å². The first kappa shape index (κ1) is 12.0. The molecular formula is C10H12BrNO3. The van der Waals surface area contributed by atoms with Crippen LogP contribution < -0.4 is 0 Å². The van der Waals surface area contributed by atoms with Gasteiger partial charge >= 0.3 is 5.97 Å². The Hall–Kier alpha value is -1.07. The molecule has 0 aliphatic heterocycles. The molecule has 1 aromatic rings. The van der Waals surface area contributed by atoms with Gasteiger partial charge in [-0.3, -0.25) is 9.69 Å². The highest BCUT2D eigenvalue weighted by Crippen LogP contribution is 2.19. The Morgan fingerprint density at radius 2 is 2.47 bits per heavy atom. The molecule has 0 amide bonds. The molecule has 0 bridgehead atoms. The molecule has 5 heteroatoms. The van der Waals surface area contributed by atoms with Crippen LogP contribution in [-0.4, -0.2) is 29.1 Å². The maximum absolute atomic E-state index is 10.6. The average Bonchev–Trinajstić information content (AvgIpc) is 2.51. The lowest BCUT2D eigenvalue weighted by molar-refractivity contribution is -0.138. The summed E-state index contributed by atoms with van der Waals surface area (Å²) in [7, 11) is 0. The number of carboxylic acids is 1. The van der Waals surface area contributed by atoms with E-state index in [2.05, 4.69) is 22.5 Å². The van der Waals surface area contributed by atoms with Gasteiger partial charge in [-0.2, -0.15) is 0 Å². The first-order valence-electron chi connectivity index (χ1n) is 4.40. The molecule has 0 atom stereocenters. The van der Waals surface area contributed by atoms with Crippen molar-refractivity contribution in [2.45, 2.75) is 6.54 Å². The van der Waals surface area contributed by atoms with Gasteiger partial charge in [-0.25, -0.2) is 0 Å². The van der Waals surface area contributed by atoms with Crippen LogP contribution in [0, 0.1) is 0 Å². The molecule has 1 heterocycles. The molecule has 0 saturated heterocycles. The summed E-state index contributed by atoms with van der Waals surface area (Å²) >= 11 is 3.32. The minimum absolute atomic E-state index is 0.0286. The number of furan rings is 1. The maximum atomic E-state index is 10.6. The zero-order valence-corrected chi connectivity index (χ0v) is 9.74. The third-order valence-electron chi connectivity index (χ3n) is 1.80. The Bertz CT molecular complexity index is 348. The number of nitrogens with zero attached hydrogens (tertiary/aromatic N) is 1. The van der Waals surface area contributed by atoms with E-state index in [1.165, 1.54) is 0 Å². The lowest BCUT2D eigenvalue weighted by atomic mass is 10.3. The van der Waals surface area contributed by atoms with Crippen molar-refractivity contribution < 1.29 is 14.3 Å². The molecule has 0 spiro atoms. The molecule has 0 aliphatic carbocycles. The number of aliphatic carboxylic acids is 1. The Morgan fingerprint density at radius 1 is 1.73 bits per heavy atom. The lowest BCUT2D eigenvalue weighted by Gasteiger charge is -2.16. The first-order chi connectivity index (χ1) is 7.13. The zero-order valence-electron chi connectivity index (χ0n) is 8.15. The molecule has 0 fully saturated rings. The van der Waals surface area contributed by atoms with Gasteiger partial charge in [-0.05, 0) is 22.0 Å². The minimum atomic E-state index is -0.862. The number of halogens is 1. The van der Waals surface area contributed by atoms with Gasteiger partial charge in [0.1, 0.15) is 5.76 Å². The number of rotatable bonds is 6. The van der Waals surface area contributed by atoms with Crippen molar-refractivity contribution in [3.8, 4) is 0 Å². The summed E-state index contributed by atoms with van der Waals surface area (Å²) in [4.78, 5) is 12.3. The number of hydrogen-bond donors (Lipinski definition) is 1. The van der Waals surface area contributed by atoms with Gasteiger partial charge in [-0.1, -0.05) is 6.08 Å². The van der Waals surface area contributed by atoms with E-state index in [0.717, 1.165) is 10.2 Å². The van der Waals surface area contributed by atoms with Crippen LogP contribution in [0.5, 0.6) is 0 Å². The van der Waals surface area contributed by atoms with Crippen LogP contribution in [0.2, 0.25) is 0 Å². The number of hydrogen-bond acceptors (Lipinski definition) is 3. The predicted octanol–water partition coefficient (Wildman–Crippen LogP) is 2.11. The van der Waals surface area contributed by atoms with E-state index in [-0.39, 0.29) is 6.54 Å². The smallest absolute Gasteiger partial charge is 0.317 e. The van der Waals surface area contributed by atoms with Crippen molar-refractivity contribution in [1.29, 1.82) is 0 Å². The maximum Gasteiger partial charge on any atom is 0.317 e. The third-order valence-corrected chi connectivity index (χ3v) is 2.51. The van der Waals surface area contributed by atoms with Gasteiger partial charge in [0.2, 0.25) is 0 Å². The van der Waals surface area contributed by atoms with Crippen molar-refractivity contribution in [2.24, 2.45) is 0 Å². The highest BCUT2D eigenvalue weighted by Gasteiger charge is 2.12. The van der Waals surface area contributed by atoms with E-state index in [1.807, 2.05) is 0 Å². The summed E-state index contributed by atoms with van der Waals surface area (Å²) in [6.45, 7) is 4.52. The molecule has 0 radical (unpaired) electrons. The molecule has 82 valence electrons. The SMILES string of the molecule is C=CCN(CC(=O)O)Cc1occc1Br. The monoisotopic (exact) mass is 273 g/mol. The molecule has 15 heavy (non-hydrogen) atoms. The van der Waals surface area contributed by atoms with Crippen LogP contribution >= 0.6 is 15.9 Å². The van der Waals surface area contributed by atoms with Crippen molar-refractivity contribution in [1.82, 2.24) is 4.90 Å². The Morgan fingerprint density at radius 3 is 2.93 bits per heavy atom. The standard InChI is InChI=1S/C10H12BrNO3/c1-2-4-12(7-10(13)14)6-9-8(11)3-5-15-9/h2-3,5H,1,4,6-7H2,(H,13,14). The zero-order chi connectivity index (χ0) is 11.3. The van der Waals surface area contributed by atoms with E-state index in [9.17, 15) is 4.79 Å². The summed E-state index contributed by atoms with van der Waals surface area (Å²) in [5.74, 6) is -0.141. The molecule has 0 saturated carbocycles. The molecule has 0 aromatic carbocycles. The molecule has 0 unspecified atom stereocenters.